The number of Topliss-reactive ketones (excluding diaryl/α,β-unsaturated/α-hetero) is 1. The van der Waals surface area contributed by atoms with Crippen LogP contribution in [0.1, 0.15) is 19.8 Å². The van der Waals surface area contributed by atoms with E-state index >= 15 is 0 Å². The second-order valence-electron chi connectivity index (χ2n) is 2.70. The molecule has 1 saturated heterocycles. The van der Waals surface area contributed by atoms with Crippen molar-refractivity contribution < 1.29 is 19.4 Å². The molecule has 0 amide bonds. The third kappa shape index (κ3) is 2.27. The van der Waals surface area contributed by atoms with Gasteiger partial charge in [-0.25, -0.2) is 0 Å². The van der Waals surface area contributed by atoms with Crippen molar-refractivity contribution in [1.82, 2.24) is 0 Å². The van der Waals surface area contributed by atoms with Gasteiger partial charge in [-0.05, 0) is 6.92 Å². The summed E-state index contributed by atoms with van der Waals surface area (Å²) in [6.45, 7) is 2.19. The average Bonchev–Trinajstić information content (AvgIpc) is 2.09. The van der Waals surface area contributed by atoms with E-state index in [9.17, 15) is 4.79 Å². The Morgan fingerprint density at radius 1 is 1.75 bits per heavy atom. The number of aliphatic hydroxyl groups excluding tert-OH is 1. The molecule has 70 valence electrons. The van der Waals surface area contributed by atoms with Crippen LogP contribution in [0, 0.1) is 0 Å². The Morgan fingerprint density at radius 3 is 3.08 bits per heavy atom. The summed E-state index contributed by atoms with van der Waals surface area (Å²) in [5, 5.41) is 8.75. The molecule has 1 aliphatic heterocycles. The van der Waals surface area contributed by atoms with Crippen LogP contribution in [-0.2, 0) is 14.3 Å². The van der Waals surface area contributed by atoms with Gasteiger partial charge < -0.3 is 14.6 Å². The monoisotopic (exact) mass is 174 g/mol. The summed E-state index contributed by atoms with van der Waals surface area (Å²) in [6, 6.07) is 0. The predicted molar refractivity (Wildman–Crippen MR) is 41.6 cm³/mol. The fraction of sp³-hybridized carbons (Fsp3) is 0.875. The highest BCUT2D eigenvalue weighted by Gasteiger charge is 2.28. The van der Waals surface area contributed by atoms with E-state index in [1.54, 1.807) is 0 Å². The van der Waals surface area contributed by atoms with E-state index in [1.165, 1.54) is 0 Å². The lowest BCUT2D eigenvalue weighted by Gasteiger charge is -2.27. The van der Waals surface area contributed by atoms with Gasteiger partial charge in [0.25, 0.3) is 0 Å². The van der Waals surface area contributed by atoms with Crippen LogP contribution in [0.2, 0.25) is 0 Å². The lowest BCUT2D eigenvalue weighted by molar-refractivity contribution is -0.199. The lowest BCUT2D eigenvalue weighted by Crippen LogP contribution is -2.39. The lowest BCUT2D eigenvalue weighted by atomic mass is 10.1. The highest BCUT2D eigenvalue weighted by molar-refractivity contribution is 5.83. The highest BCUT2D eigenvalue weighted by atomic mass is 16.7. The van der Waals surface area contributed by atoms with E-state index in [-0.39, 0.29) is 18.7 Å². The zero-order valence-corrected chi connectivity index (χ0v) is 7.16. The number of hydrogen-bond acceptors (Lipinski definition) is 4. The first kappa shape index (κ1) is 9.64. The van der Waals surface area contributed by atoms with E-state index in [1.807, 2.05) is 6.92 Å². The maximum Gasteiger partial charge on any atom is 0.164 e. The largest absolute Gasteiger partial charge is 0.393 e. The molecule has 0 spiro atoms. The van der Waals surface area contributed by atoms with Crippen molar-refractivity contribution in [2.45, 2.75) is 32.2 Å². The first-order valence-corrected chi connectivity index (χ1v) is 4.18. The quantitative estimate of drug-likeness (QED) is 0.658. The molecule has 1 rings (SSSR count). The van der Waals surface area contributed by atoms with E-state index in [2.05, 4.69) is 0 Å². The van der Waals surface area contributed by atoms with Crippen molar-refractivity contribution >= 4 is 5.78 Å². The number of carbonyl (C=O) groups excluding carboxylic acids is 1. The Labute approximate surface area is 71.5 Å². The summed E-state index contributed by atoms with van der Waals surface area (Å²) in [5.74, 6) is -0.0338. The zero-order chi connectivity index (χ0) is 8.97. The van der Waals surface area contributed by atoms with Crippen LogP contribution in [0.5, 0.6) is 0 Å². The van der Waals surface area contributed by atoms with Crippen molar-refractivity contribution in [2.24, 2.45) is 0 Å². The minimum absolute atomic E-state index is 0.0338. The first-order valence-electron chi connectivity index (χ1n) is 4.18. The van der Waals surface area contributed by atoms with Crippen LogP contribution in [0.15, 0.2) is 0 Å². The van der Waals surface area contributed by atoms with Gasteiger partial charge in [0.2, 0.25) is 0 Å². The van der Waals surface area contributed by atoms with Crippen LogP contribution < -0.4 is 0 Å². The second kappa shape index (κ2) is 4.54. The molecular formula is C8H14O4. The molecule has 0 unspecified atom stereocenters. The Hall–Kier alpha value is -0.450. The molecule has 1 N–H and O–H groups in total. The van der Waals surface area contributed by atoms with Gasteiger partial charge in [-0.15, -0.1) is 0 Å². The number of carbonyl (C=O) groups is 1. The molecule has 0 aromatic heterocycles. The number of ether oxygens (including phenoxy) is 2. The second-order valence-corrected chi connectivity index (χ2v) is 2.70. The highest BCUT2D eigenvalue weighted by Crippen LogP contribution is 2.16. The van der Waals surface area contributed by atoms with Crippen molar-refractivity contribution in [1.29, 1.82) is 0 Å². The maximum absolute atomic E-state index is 11.0. The molecule has 0 aromatic rings. The molecule has 2 atom stereocenters. The van der Waals surface area contributed by atoms with Crippen molar-refractivity contribution in [3.05, 3.63) is 0 Å². The fourth-order valence-corrected chi connectivity index (χ4v) is 1.20. The molecular weight excluding hydrogens is 160 g/mol. The molecule has 0 aliphatic carbocycles. The number of aliphatic hydroxyl groups is 1. The number of rotatable bonds is 3. The van der Waals surface area contributed by atoms with E-state index in [0.717, 1.165) is 0 Å². The molecule has 1 heterocycles. The molecule has 0 saturated carbocycles. The van der Waals surface area contributed by atoms with Gasteiger partial charge in [0.05, 0.1) is 6.61 Å². The Morgan fingerprint density at radius 2 is 2.50 bits per heavy atom. The van der Waals surface area contributed by atoms with Gasteiger partial charge in [0, 0.05) is 19.4 Å². The third-order valence-corrected chi connectivity index (χ3v) is 1.82. The van der Waals surface area contributed by atoms with Crippen LogP contribution in [0.3, 0.4) is 0 Å². The van der Waals surface area contributed by atoms with E-state index in [4.69, 9.17) is 14.6 Å². The summed E-state index contributed by atoms with van der Waals surface area (Å²) in [5.41, 5.74) is 0. The van der Waals surface area contributed by atoms with Crippen molar-refractivity contribution in [3.8, 4) is 0 Å². The Kier molecular flexibility index (Phi) is 3.65. The number of hydrogen-bond donors (Lipinski definition) is 1. The van der Waals surface area contributed by atoms with Crippen LogP contribution in [0.25, 0.3) is 0 Å². The van der Waals surface area contributed by atoms with Crippen molar-refractivity contribution in [3.63, 3.8) is 0 Å². The summed E-state index contributed by atoms with van der Waals surface area (Å²) < 4.78 is 10.3. The average molecular weight is 174 g/mol. The zero-order valence-electron chi connectivity index (χ0n) is 7.16. The summed E-state index contributed by atoms with van der Waals surface area (Å²) in [4.78, 5) is 11.0. The van der Waals surface area contributed by atoms with Gasteiger partial charge in [-0.2, -0.15) is 0 Å². The molecule has 1 fully saturated rings. The summed E-state index contributed by atoms with van der Waals surface area (Å²) in [6.07, 6.45) is 0.0548. The summed E-state index contributed by atoms with van der Waals surface area (Å²) >= 11 is 0. The van der Waals surface area contributed by atoms with Crippen LogP contribution >= 0.6 is 0 Å². The van der Waals surface area contributed by atoms with Crippen molar-refractivity contribution in [2.75, 3.05) is 13.2 Å². The van der Waals surface area contributed by atoms with Gasteiger partial charge in [0.15, 0.2) is 12.1 Å². The standard InChI is InChI=1S/C8H14O4/c1-2-11-8-4-3-6(10)7(5-9)12-8/h7-9H,2-5H2,1H3/t7-,8+/m1/s1. The summed E-state index contributed by atoms with van der Waals surface area (Å²) in [7, 11) is 0. The van der Waals surface area contributed by atoms with Gasteiger partial charge >= 0.3 is 0 Å². The third-order valence-electron chi connectivity index (χ3n) is 1.82. The molecule has 4 heteroatoms. The minimum atomic E-state index is -0.671. The molecule has 0 aromatic carbocycles. The topological polar surface area (TPSA) is 55.8 Å². The van der Waals surface area contributed by atoms with E-state index in [0.29, 0.717) is 19.4 Å². The van der Waals surface area contributed by atoms with Crippen LogP contribution in [-0.4, -0.2) is 36.5 Å². The van der Waals surface area contributed by atoms with E-state index < -0.39 is 6.10 Å². The normalized spacial score (nSPS) is 30.7. The SMILES string of the molecule is CCO[C@@H]1CCC(=O)[C@@H](CO)O1. The molecule has 0 bridgehead atoms. The van der Waals surface area contributed by atoms with Gasteiger partial charge in [-0.3, -0.25) is 4.79 Å². The number of ketones is 1. The minimum Gasteiger partial charge on any atom is -0.393 e. The Balaban J connectivity index is 2.38. The molecule has 4 nitrogen and oxygen atoms in total. The Bertz CT molecular complexity index is 157. The fourth-order valence-electron chi connectivity index (χ4n) is 1.20. The maximum atomic E-state index is 11.0. The predicted octanol–water partition coefficient (Wildman–Crippen LogP) is 0.0894. The molecule has 0 radical (unpaired) electrons. The molecule has 12 heavy (non-hydrogen) atoms. The first-order chi connectivity index (χ1) is 5.77. The van der Waals surface area contributed by atoms with Gasteiger partial charge in [-0.1, -0.05) is 0 Å². The van der Waals surface area contributed by atoms with Gasteiger partial charge in [0.1, 0.15) is 6.10 Å². The smallest absolute Gasteiger partial charge is 0.164 e. The van der Waals surface area contributed by atoms with Crippen LogP contribution in [0.4, 0.5) is 0 Å². The molecule has 1 aliphatic rings.